The van der Waals surface area contributed by atoms with Crippen LogP contribution in [0.5, 0.6) is 5.75 Å². The molecule has 152 valence electrons. The second kappa shape index (κ2) is 9.68. The number of thiazole rings is 1. The van der Waals surface area contributed by atoms with Gasteiger partial charge in [-0.15, -0.1) is 11.3 Å². The Labute approximate surface area is 170 Å². The molecule has 0 aliphatic carbocycles. The Balaban J connectivity index is 1.94. The first kappa shape index (κ1) is 21.9. The van der Waals surface area contributed by atoms with Crippen molar-refractivity contribution in [1.29, 1.82) is 0 Å². The molecule has 6 nitrogen and oxygen atoms in total. The number of ether oxygens (including phenoxy) is 1. The van der Waals surface area contributed by atoms with E-state index >= 15 is 0 Å². The smallest absolute Gasteiger partial charge is 0.242 e. The van der Waals surface area contributed by atoms with E-state index < -0.39 is 6.04 Å². The van der Waals surface area contributed by atoms with Crippen LogP contribution in [0.1, 0.15) is 44.0 Å². The monoisotopic (exact) mass is 403 g/mol. The fraction of sp³-hybridized carbons (Fsp3) is 0.476. The van der Waals surface area contributed by atoms with Crippen LogP contribution in [0.4, 0.5) is 0 Å². The topological polar surface area (TPSA) is 80.3 Å². The maximum absolute atomic E-state index is 12.6. The van der Waals surface area contributed by atoms with Gasteiger partial charge in [-0.3, -0.25) is 9.59 Å². The largest absolute Gasteiger partial charge is 0.497 e. The molecule has 2 amide bonds. The van der Waals surface area contributed by atoms with Gasteiger partial charge >= 0.3 is 0 Å². The van der Waals surface area contributed by atoms with Crippen molar-refractivity contribution >= 4 is 23.2 Å². The van der Waals surface area contributed by atoms with Crippen LogP contribution in [-0.2, 0) is 27.8 Å². The summed E-state index contributed by atoms with van der Waals surface area (Å²) in [5.41, 5.74) is 2.00. The van der Waals surface area contributed by atoms with E-state index in [4.69, 9.17) is 4.74 Å². The summed E-state index contributed by atoms with van der Waals surface area (Å²) in [7, 11) is 1.60. The Morgan fingerprint density at radius 1 is 1.29 bits per heavy atom. The van der Waals surface area contributed by atoms with Crippen molar-refractivity contribution in [3.8, 4) is 5.75 Å². The predicted molar refractivity (Wildman–Crippen MR) is 112 cm³/mol. The molecule has 1 atom stereocenters. The maximum Gasteiger partial charge on any atom is 0.242 e. The van der Waals surface area contributed by atoms with E-state index in [1.807, 2.05) is 24.3 Å². The molecule has 0 bridgehead atoms. The molecule has 2 rings (SSSR count). The molecule has 1 aromatic heterocycles. The molecule has 1 unspecified atom stereocenters. The average Bonchev–Trinajstić information content (AvgIpc) is 3.10. The summed E-state index contributed by atoms with van der Waals surface area (Å²) in [5, 5.41) is 8.71. The Bertz CT molecular complexity index is 811. The first-order valence-electron chi connectivity index (χ1n) is 9.31. The Morgan fingerprint density at radius 3 is 2.64 bits per heavy atom. The number of aromatic nitrogens is 1. The van der Waals surface area contributed by atoms with Crippen LogP contribution < -0.4 is 15.4 Å². The number of benzene rings is 1. The normalized spacial score (nSPS) is 12.3. The van der Waals surface area contributed by atoms with Crippen molar-refractivity contribution in [2.24, 2.45) is 0 Å². The summed E-state index contributed by atoms with van der Waals surface area (Å²) in [4.78, 5) is 28.8. The summed E-state index contributed by atoms with van der Waals surface area (Å²) in [5.74, 6) is 0.279. The van der Waals surface area contributed by atoms with Crippen molar-refractivity contribution in [3.63, 3.8) is 0 Å². The van der Waals surface area contributed by atoms with Crippen LogP contribution in [0.25, 0.3) is 0 Å². The highest BCUT2D eigenvalue weighted by molar-refractivity contribution is 7.09. The minimum Gasteiger partial charge on any atom is -0.497 e. The lowest BCUT2D eigenvalue weighted by atomic mass is 9.93. The summed E-state index contributed by atoms with van der Waals surface area (Å²) in [6, 6.07) is 6.86. The molecule has 2 N–H and O–H groups in total. The number of rotatable bonds is 8. The van der Waals surface area contributed by atoms with E-state index in [2.05, 4.69) is 41.8 Å². The Morgan fingerprint density at radius 2 is 2.04 bits per heavy atom. The van der Waals surface area contributed by atoms with Gasteiger partial charge in [0.2, 0.25) is 11.8 Å². The van der Waals surface area contributed by atoms with Gasteiger partial charge in [-0.05, 0) is 17.7 Å². The van der Waals surface area contributed by atoms with Gasteiger partial charge in [0.05, 0.1) is 17.8 Å². The molecule has 0 radical (unpaired) electrons. The summed E-state index contributed by atoms with van der Waals surface area (Å²) >= 11 is 1.61. The first-order chi connectivity index (χ1) is 13.2. The lowest BCUT2D eigenvalue weighted by Gasteiger charge is -2.18. The molecule has 0 saturated carbocycles. The van der Waals surface area contributed by atoms with E-state index in [1.54, 1.807) is 18.4 Å². The number of amides is 2. The van der Waals surface area contributed by atoms with Gasteiger partial charge < -0.3 is 15.4 Å². The molecule has 0 fully saturated rings. The fourth-order valence-corrected chi connectivity index (χ4v) is 3.70. The van der Waals surface area contributed by atoms with Crippen LogP contribution in [0, 0.1) is 0 Å². The first-order valence-corrected chi connectivity index (χ1v) is 10.2. The van der Waals surface area contributed by atoms with Gasteiger partial charge in [0.25, 0.3) is 0 Å². The SMILES string of the molecule is COc1cccc(CC(NC(C)=O)C(=O)NCCc2nc(C(C)(C)C)cs2)c1. The van der Waals surface area contributed by atoms with Gasteiger partial charge in [0.1, 0.15) is 11.8 Å². The predicted octanol–water partition coefficient (Wildman–Crippen LogP) is 2.86. The van der Waals surface area contributed by atoms with E-state index in [-0.39, 0.29) is 17.2 Å². The van der Waals surface area contributed by atoms with Gasteiger partial charge in [0.15, 0.2) is 0 Å². The highest BCUT2D eigenvalue weighted by Gasteiger charge is 2.21. The van der Waals surface area contributed by atoms with E-state index in [9.17, 15) is 9.59 Å². The van der Waals surface area contributed by atoms with Crippen LogP contribution in [0.2, 0.25) is 0 Å². The number of carbonyl (C=O) groups is 2. The van der Waals surface area contributed by atoms with Gasteiger partial charge in [-0.2, -0.15) is 0 Å². The number of nitrogens with one attached hydrogen (secondary N) is 2. The number of nitrogens with zero attached hydrogens (tertiary/aromatic N) is 1. The molecule has 2 aromatic rings. The van der Waals surface area contributed by atoms with Gasteiger partial charge in [0, 0.05) is 37.1 Å². The number of carbonyl (C=O) groups excluding carboxylic acids is 2. The van der Waals surface area contributed by atoms with Crippen LogP contribution >= 0.6 is 11.3 Å². The maximum atomic E-state index is 12.6. The molecule has 1 aromatic carbocycles. The average molecular weight is 404 g/mol. The zero-order chi connectivity index (χ0) is 20.7. The Kier molecular flexibility index (Phi) is 7.57. The van der Waals surface area contributed by atoms with Gasteiger partial charge in [-0.25, -0.2) is 4.98 Å². The summed E-state index contributed by atoms with van der Waals surface area (Å²) < 4.78 is 5.22. The number of methoxy groups -OCH3 is 1. The third-order valence-corrected chi connectivity index (χ3v) is 5.13. The van der Waals surface area contributed by atoms with Crippen LogP contribution in [-0.4, -0.2) is 36.5 Å². The minimum absolute atomic E-state index is 0.0191. The van der Waals surface area contributed by atoms with Crippen molar-refractivity contribution in [3.05, 3.63) is 45.9 Å². The summed E-state index contributed by atoms with van der Waals surface area (Å²) in [6.07, 6.45) is 1.06. The number of hydrogen-bond acceptors (Lipinski definition) is 5. The van der Waals surface area contributed by atoms with Crippen molar-refractivity contribution in [1.82, 2.24) is 15.6 Å². The second-order valence-corrected chi connectivity index (χ2v) is 8.67. The van der Waals surface area contributed by atoms with Crippen molar-refractivity contribution < 1.29 is 14.3 Å². The number of hydrogen-bond donors (Lipinski definition) is 2. The molecule has 1 heterocycles. The molecule has 0 aliphatic heterocycles. The third kappa shape index (κ3) is 6.64. The van der Waals surface area contributed by atoms with Crippen molar-refractivity contribution in [2.45, 2.75) is 52.0 Å². The second-order valence-electron chi connectivity index (χ2n) is 7.73. The zero-order valence-corrected chi connectivity index (χ0v) is 18.0. The van der Waals surface area contributed by atoms with Crippen LogP contribution in [0.3, 0.4) is 0 Å². The standard InChI is InChI=1S/C21H29N3O3S/c1-14(25)23-17(12-15-7-6-8-16(11-15)27-5)20(26)22-10-9-19-24-18(13-28-19)21(2,3)4/h6-8,11,13,17H,9-10,12H2,1-5H3,(H,22,26)(H,23,25). The zero-order valence-electron chi connectivity index (χ0n) is 17.2. The van der Waals surface area contributed by atoms with Crippen molar-refractivity contribution in [2.75, 3.05) is 13.7 Å². The summed E-state index contributed by atoms with van der Waals surface area (Å²) in [6.45, 7) is 8.28. The van der Waals surface area contributed by atoms with E-state index in [0.717, 1.165) is 22.0 Å². The highest BCUT2D eigenvalue weighted by atomic mass is 32.1. The van der Waals surface area contributed by atoms with E-state index in [0.29, 0.717) is 19.4 Å². The highest BCUT2D eigenvalue weighted by Crippen LogP contribution is 2.23. The lowest BCUT2D eigenvalue weighted by Crippen LogP contribution is -2.47. The third-order valence-electron chi connectivity index (χ3n) is 4.23. The quantitative estimate of drug-likeness (QED) is 0.710. The molecule has 0 saturated heterocycles. The molecule has 0 aliphatic rings. The van der Waals surface area contributed by atoms with Gasteiger partial charge in [-0.1, -0.05) is 32.9 Å². The molecular weight excluding hydrogens is 374 g/mol. The Hall–Kier alpha value is -2.41. The molecule has 7 heteroatoms. The molecule has 28 heavy (non-hydrogen) atoms. The van der Waals surface area contributed by atoms with Crippen LogP contribution in [0.15, 0.2) is 29.6 Å². The molecular formula is C21H29N3O3S. The lowest BCUT2D eigenvalue weighted by molar-refractivity contribution is -0.128. The minimum atomic E-state index is -0.633. The fourth-order valence-electron chi connectivity index (χ4n) is 2.68. The van der Waals surface area contributed by atoms with E-state index in [1.165, 1.54) is 6.92 Å². The molecule has 0 spiro atoms.